The molecule has 0 aromatic carbocycles. The van der Waals surface area contributed by atoms with Crippen LogP contribution < -0.4 is 4.72 Å². The van der Waals surface area contributed by atoms with Crippen LogP contribution in [0.3, 0.4) is 0 Å². The molecule has 1 heterocycles. The molecule has 8 heteroatoms. The largest absolute Gasteiger partial charge is 0.480 e. The predicted molar refractivity (Wildman–Crippen MR) is 69.2 cm³/mol. The highest BCUT2D eigenvalue weighted by Crippen LogP contribution is 2.11. The number of nitrogens with zero attached hydrogens (tertiary/aromatic N) is 2. The second-order valence-electron chi connectivity index (χ2n) is 4.28. The van der Waals surface area contributed by atoms with Crippen molar-refractivity contribution < 1.29 is 18.3 Å². The van der Waals surface area contributed by atoms with Crippen LogP contribution in [0.4, 0.5) is 0 Å². The molecule has 0 radical (unpaired) electrons. The van der Waals surface area contributed by atoms with E-state index in [4.69, 9.17) is 5.11 Å². The smallest absolute Gasteiger partial charge is 0.325 e. The minimum absolute atomic E-state index is 0.0108. The molecule has 0 fully saturated rings. The molecule has 0 saturated carbocycles. The fraction of sp³-hybridized carbons (Fsp3) is 0.636. The number of carbonyl (C=O) groups is 1. The molecule has 0 aliphatic heterocycles. The van der Waals surface area contributed by atoms with E-state index in [1.807, 2.05) is 13.8 Å². The van der Waals surface area contributed by atoms with Crippen molar-refractivity contribution in [2.45, 2.75) is 50.6 Å². The number of nitrogens with one attached hydrogen (secondary N) is 1. The van der Waals surface area contributed by atoms with Gasteiger partial charge >= 0.3 is 5.97 Å². The molecule has 0 saturated heterocycles. The Morgan fingerprint density at radius 3 is 2.74 bits per heavy atom. The van der Waals surface area contributed by atoms with Gasteiger partial charge in [0.1, 0.15) is 11.4 Å². The van der Waals surface area contributed by atoms with Gasteiger partial charge in [-0.05, 0) is 12.8 Å². The first kappa shape index (κ1) is 15.6. The highest BCUT2D eigenvalue weighted by Gasteiger charge is 2.20. The van der Waals surface area contributed by atoms with Crippen molar-refractivity contribution in [3.8, 4) is 0 Å². The summed E-state index contributed by atoms with van der Waals surface area (Å²) in [5.74, 6) is -1.07. The highest BCUT2D eigenvalue weighted by molar-refractivity contribution is 7.89. The summed E-state index contributed by atoms with van der Waals surface area (Å²) in [4.78, 5) is 10.5. The Labute approximate surface area is 112 Å². The van der Waals surface area contributed by atoms with Gasteiger partial charge in [0.15, 0.2) is 0 Å². The number of carboxylic acids is 1. The van der Waals surface area contributed by atoms with E-state index >= 15 is 0 Å². The lowest BCUT2D eigenvalue weighted by atomic mass is 10.1. The Bertz CT molecular complexity index is 524. The predicted octanol–water partition coefficient (Wildman–Crippen LogP) is 0.825. The molecule has 0 amide bonds. The van der Waals surface area contributed by atoms with Gasteiger partial charge in [-0.25, -0.2) is 13.1 Å². The Morgan fingerprint density at radius 1 is 1.53 bits per heavy atom. The average molecular weight is 289 g/mol. The maximum atomic E-state index is 12.1. The van der Waals surface area contributed by atoms with E-state index in [-0.39, 0.29) is 17.5 Å². The van der Waals surface area contributed by atoms with Crippen LogP contribution in [0.1, 0.15) is 33.1 Å². The third-order valence-electron chi connectivity index (χ3n) is 2.67. The quantitative estimate of drug-likeness (QED) is 0.738. The zero-order valence-corrected chi connectivity index (χ0v) is 11.9. The van der Waals surface area contributed by atoms with E-state index in [2.05, 4.69) is 9.82 Å². The number of rotatable bonds is 8. The molecule has 0 aliphatic carbocycles. The number of hydrogen-bond donors (Lipinski definition) is 2. The molecule has 0 spiro atoms. The molecule has 2 N–H and O–H groups in total. The van der Waals surface area contributed by atoms with Crippen molar-refractivity contribution in [3.63, 3.8) is 0 Å². The van der Waals surface area contributed by atoms with Gasteiger partial charge in [0, 0.05) is 12.2 Å². The second-order valence-corrected chi connectivity index (χ2v) is 6.00. The molecule has 108 valence electrons. The Morgan fingerprint density at radius 2 is 2.21 bits per heavy atom. The molecule has 1 unspecified atom stereocenters. The number of sulfonamides is 1. The van der Waals surface area contributed by atoms with Crippen molar-refractivity contribution in [2.24, 2.45) is 0 Å². The summed E-state index contributed by atoms with van der Waals surface area (Å²) < 4.78 is 27.8. The molecule has 1 atom stereocenters. The minimum Gasteiger partial charge on any atom is -0.480 e. The molecule has 1 aromatic heterocycles. The van der Waals surface area contributed by atoms with E-state index < -0.39 is 16.0 Å². The van der Waals surface area contributed by atoms with E-state index in [9.17, 15) is 13.2 Å². The maximum Gasteiger partial charge on any atom is 0.325 e. The van der Waals surface area contributed by atoms with Crippen molar-refractivity contribution >= 4 is 16.0 Å². The molecular formula is C11H19N3O4S. The highest BCUT2D eigenvalue weighted by atomic mass is 32.2. The zero-order valence-electron chi connectivity index (χ0n) is 11.0. The summed E-state index contributed by atoms with van der Waals surface area (Å²) in [5, 5.41) is 12.3. The van der Waals surface area contributed by atoms with Crippen LogP contribution in [0.15, 0.2) is 17.3 Å². The van der Waals surface area contributed by atoms with Gasteiger partial charge in [0.05, 0.1) is 6.20 Å². The van der Waals surface area contributed by atoms with Crippen molar-refractivity contribution in [2.75, 3.05) is 0 Å². The lowest BCUT2D eigenvalue weighted by Gasteiger charge is -2.15. The summed E-state index contributed by atoms with van der Waals surface area (Å²) in [6, 6.07) is -0.113. The van der Waals surface area contributed by atoms with Crippen LogP contribution in [0.25, 0.3) is 0 Å². The lowest BCUT2D eigenvalue weighted by Crippen LogP contribution is -2.34. The first-order chi connectivity index (χ1) is 8.89. The average Bonchev–Trinajstić information content (AvgIpc) is 2.76. The molecular weight excluding hydrogens is 270 g/mol. The molecule has 1 rings (SSSR count). The number of carboxylic acid groups (broad SMARTS) is 1. The van der Waals surface area contributed by atoms with E-state index in [0.29, 0.717) is 6.42 Å². The zero-order chi connectivity index (χ0) is 14.5. The fourth-order valence-corrected chi connectivity index (χ4v) is 3.00. The molecule has 0 aliphatic rings. The molecule has 7 nitrogen and oxygen atoms in total. The summed E-state index contributed by atoms with van der Waals surface area (Å²) in [6.07, 6.45) is 4.73. The van der Waals surface area contributed by atoms with Crippen molar-refractivity contribution in [3.05, 3.63) is 12.4 Å². The lowest BCUT2D eigenvalue weighted by molar-refractivity contribution is -0.137. The Hall–Kier alpha value is -1.41. The van der Waals surface area contributed by atoms with Gasteiger partial charge in [-0.15, -0.1) is 0 Å². The van der Waals surface area contributed by atoms with Crippen molar-refractivity contribution in [1.29, 1.82) is 0 Å². The summed E-state index contributed by atoms with van der Waals surface area (Å²) in [7, 11) is -3.64. The topological polar surface area (TPSA) is 101 Å². The van der Waals surface area contributed by atoms with Gasteiger partial charge in [0.25, 0.3) is 0 Å². The van der Waals surface area contributed by atoms with Crippen LogP contribution >= 0.6 is 0 Å². The summed E-state index contributed by atoms with van der Waals surface area (Å²) in [5.41, 5.74) is 0. The first-order valence-electron chi connectivity index (χ1n) is 6.15. The van der Waals surface area contributed by atoms with Crippen LogP contribution in [-0.4, -0.2) is 35.3 Å². The first-order valence-corrected chi connectivity index (χ1v) is 7.64. The molecule has 0 bridgehead atoms. The Balaban J connectivity index is 2.82. The normalized spacial score (nSPS) is 13.4. The van der Waals surface area contributed by atoms with Crippen LogP contribution in [0, 0.1) is 0 Å². The molecule has 1 aromatic rings. The monoisotopic (exact) mass is 289 g/mol. The minimum atomic E-state index is -3.64. The SMILES string of the molecule is CCCC(CC)NS(=O)(=O)c1cnn(CC(=O)O)c1. The number of aromatic nitrogens is 2. The van der Waals surface area contributed by atoms with Gasteiger partial charge < -0.3 is 5.11 Å². The second kappa shape index (κ2) is 6.67. The van der Waals surface area contributed by atoms with Crippen LogP contribution in [-0.2, 0) is 21.4 Å². The summed E-state index contributed by atoms with van der Waals surface area (Å²) >= 11 is 0. The summed E-state index contributed by atoms with van der Waals surface area (Å²) in [6.45, 7) is 3.54. The van der Waals surface area contributed by atoms with Gasteiger partial charge in [-0.2, -0.15) is 5.10 Å². The van der Waals surface area contributed by atoms with E-state index in [1.54, 1.807) is 0 Å². The number of aliphatic carboxylic acids is 1. The van der Waals surface area contributed by atoms with Gasteiger partial charge in [0.2, 0.25) is 10.0 Å². The fourth-order valence-electron chi connectivity index (χ4n) is 1.69. The van der Waals surface area contributed by atoms with Gasteiger partial charge in [-0.1, -0.05) is 20.3 Å². The van der Waals surface area contributed by atoms with Crippen molar-refractivity contribution in [1.82, 2.24) is 14.5 Å². The van der Waals surface area contributed by atoms with Gasteiger partial charge in [-0.3, -0.25) is 9.48 Å². The molecule has 19 heavy (non-hydrogen) atoms. The maximum absolute atomic E-state index is 12.1. The number of hydrogen-bond acceptors (Lipinski definition) is 4. The standard InChI is InChI=1S/C11H19N3O4S/c1-3-5-9(4-2)13-19(17,18)10-6-12-14(7-10)8-11(15)16/h6-7,9,13H,3-5,8H2,1-2H3,(H,15,16). The van der Waals surface area contributed by atoms with Crippen LogP contribution in [0.2, 0.25) is 0 Å². The third-order valence-corrected chi connectivity index (χ3v) is 4.14. The van der Waals surface area contributed by atoms with Crippen LogP contribution in [0.5, 0.6) is 0 Å². The van der Waals surface area contributed by atoms with E-state index in [0.717, 1.165) is 23.7 Å². The van der Waals surface area contributed by atoms with E-state index in [1.165, 1.54) is 6.20 Å². The Kier molecular flexibility index (Phi) is 5.49. The third kappa shape index (κ3) is 4.64.